The van der Waals surface area contributed by atoms with Crippen molar-refractivity contribution in [2.75, 3.05) is 13.7 Å². The molecule has 0 fully saturated rings. The number of amides is 1. The Kier molecular flexibility index (Phi) is 7.41. The third-order valence-electron chi connectivity index (χ3n) is 4.24. The van der Waals surface area contributed by atoms with Crippen LogP contribution >= 0.6 is 15.9 Å². The first-order chi connectivity index (χ1) is 12.7. The van der Waals surface area contributed by atoms with Crippen LogP contribution in [0.25, 0.3) is 0 Å². The molecule has 0 spiro atoms. The maximum Gasteiger partial charge on any atom is 0.238 e. The lowest BCUT2D eigenvalue weighted by Gasteiger charge is -2.25. The van der Waals surface area contributed by atoms with Crippen LogP contribution in [0.1, 0.15) is 31.4 Å². The molecule has 0 aromatic heterocycles. The van der Waals surface area contributed by atoms with Gasteiger partial charge in [0.1, 0.15) is 5.75 Å². The molecule has 0 saturated heterocycles. The number of carbonyl (C=O) groups excluding carboxylic acids is 1. The quantitative estimate of drug-likeness (QED) is 0.618. The molecule has 0 saturated carbocycles. The highest BCUT2D eigenvalue weighted by molar-refractivity contribution is 9.10. The second kappa shape index (κ2) is 9.34. The van der Waals surface area contributed by atoms with E-state index in [1.807, 2.05) is 31.2 Å². The van der Waals surface area contributed by atoms with Crippen LogP contribution in [0.2, 0.25) is 0 Å². The number of hydrogen-bond donors (Lipinski definition) is 1. The Morgan fingerprint density at radius 1 is 1.22 bits per heavy atom. The predicted molar refractivity (Wildman–Crippen MR) is 108 cm³/mol. The van der Waals surface area contributed by atoms with Gasteiger partial charge in [0.05, 0.1) is 17.5 Å². The van der Waals surface area contributed by atoms with E-state index in [0.717, 1.165) is 10.2 Å². The number of nitrogens with zero attached hydrogens (tertiary/aromatic N) is 1. The van der Waals surface area contributed by atoms with Crippen LogP contribution < -0.4 is 9.88 Å². The van der Waals surface area contributed by atoms with Gasteiger partial charge >= 0.3 is 0 Å². The zero-order valence-corrected chi connectivity index (χ0v) is 17.7. The van der Waals surface area contributed by atoms with Crippen molar-refractivity contribution in [2.45, 2.75) is 30.7 Å². The Hall–Kier alpha value is -1.90. The summed E-state index contributed by atoms with van der Waals surface area (Å²) in [4.78, 5) is 14.1. The smallest absolute Gasteiger partial charge is 0.238 e. The largest absolute Gasteiger partial charge is 0.494 e. The van der Waals surface area contributed by atoms with Crippen molar-refractivity contribution in [3.05, 3.63) is 58.6 Å². The summed E-state index contributed by atoms with van der Waals surface area (Å²) in [5, 5.41) is 5.17. The average Bonchev–Trinajstić information content (AvgIpc) is 2.63. The zero-order valence-electron chi connectivity index (χ0n) is 15.3. The summed E-state index contributed by atoms with van der Waals surface area (Å²) in [5.41, 5.74) is 0.711. The molecule has 1 atom stereocenters. The molecule has 27 heavy (non-hydrogen) atoms. The van der Waals surface area contributed by atoms with Gasteiger partial charge in [-0.05, 0) is 49.2 Å². The van der Waals surface area contributed by atoms with Gasteiger partial charge in [0.25, 0.3) is 0 Å². The van der Waals surface area contributed by atoms with Crippen LogP contribution in [-0.4, -0.2) is 32.9 Å². The van der Waals surface area contributed by atoms with E-state index in [-0.39, 0.29) is 16.8 Å². The monoisotopic (exact) mass is 454 g/mol. The van der Waals surface area contributed by atoms with E-state index in [2.05, 4.69) is 15.9 Å². The SMILES string of the molecule is CC(c1cccc(S(N)(=O)=O)c1)N(C)C(=O)CCCOc1cccc(Br)c1. The molecule has 2 rings (SSSR count). The summed E-state index contributed by atoms with van der Waals surface area (Å²) >= 11 is 3.38. The third-order valence-corrected chi connectivity index (χ3v) is 5.65. The number of carbonyl (C=O) groups is 1. The average molecular weight is 455 g/mol. The van der Waals surface area contributed by atoms with Crippen molar-refractivity contribution in [2.24, 2.45) is 5.14 Å². The van der Waals surface area contributed by atoms with Crippen molar-refractivity contribution in [1.82, 2.24) is 4.90 Å². The maximum absolute atomic E-state index is 12.4. The molecular weight excluding hydrogens is 432 g/mol. The minimum absolute atomic E-state index is 0.0371. The molecule has 1 amide bonds. The zero-order chi connectivity index (χ0) is 20.0. The minimum Gasteiger partial charge on any atom is -0.494 e. The Morgan fingerprint density at radius 2 is 1.93 bits per heavy atom. The molecule has 0 bridgehead atoms. The molecule has 2 aromatic rings. The van der Waals surface area contributed by atoms with Gasteiger partial charge in [0.15, 0.2) is 0 Å². The summed E-state index contributed by atoms with van der Waals surface area (Å²) in [7, 11) is -2.07. The van der Waals surface area contributed by atoms with Gasteiger partial charge in [0, 0.05) is 17.9 Å². The van der Waals surface area contributed by atoms with Gasteiger partial charge in [-0.25, -0.2) is 13.6 Å². The minimum atomic E-state index is -3.78. The molecule has 0 aliphatic carbocycles. The second-order valence-corrected chi connectivity index (χ2v) is 8.68. The van der Waals surface area contributed by atoms with Crippen molar-refractivity contribution in [3.8, 4) is 5.75 Å². The fourth-order valence-corrected chi connectivity index (χ4v) is 3.48. The predicted octanol–water partition coefficient (Wildman–Crippen LogP) is 3.48. The topological polar surface area (TPSA) is 89.7 Å². The highest BCUT2D eigenvalue weighted by Crippen LogP contribution is 2.22. The molecular formula is C19H23BrN2O4S. The number of primary sulfonamides is 1. The third kappa shape index (κ3) is 6.34. The van der Waals surface area contributed by atoms with Gasteiger partial charge in [0.2, 0.25) is 15.9 Å². The van der Waals surface area contributed by atoms with Crippen LogP contribution in [0.3, 0.4) is 0 Å². The normalized spacial score (nSPS) is 12.4. The van der Waals surface area contributed by atoms with Crippen molar-refractivity contribution in [1.29, 1.82) is 0 Å². The van der Waals surface area contributed by atoms with Gasteiger partial charge in [-0.3, -0.25) is 4.79 Å². The molecule has 8 heteroatoms. The van der Waals surface area contributed by atoms with Crippen LogP contribution in [0.5, 0.6) is 5.75 Å². The number of ether oxygens (including phenoxy) is 1. The number of halogens is 1. The van der Waals surface area contributed by atoms with Gasteiger partial charge in [-0.2, -0.15) is 0 Å². The Balaban J connectivity index is 1.89. The molecule has 0 radical (unpaired) electrons. The number of hydrogen-bond acceptors (Lipinski definition) is 4. The number of benzene rings is 2. The molecule has 2 aromatic carbocycles. The summed E-state index contributed by atoms with van der Waals surface area (Å²) < 4.78 is 29.6. The summed E-state index contributed by atoms with van der Waals surface area (Å²) in [5.74, 6) is 0.708. The number of sulfonamides is 1. The number of rotatable bonds is 8. The van der Waals surface area contributed by atoms with E-state index < -0.39 is 10.0 Å². The highest BCUT2D eigenvalue weighted by Gasteiger charge is 2.19. The Bertz CT molecular complexity index is 902. The van der Waals surface area contributed by atoms with E-state index in [4.69, 9.17) is 9.88 Å². The molecule has 6 nitrogen and oxygen atoms in total. The number of nitrogens with two attached hydrogens (primary N) is 1. The molecule has 146 valence electrons. The summed E-state index contributed by atoms with van der Waals surface area (Å²) in [6.07, 6.45) is 0.920. The van der Waals surface area contributed by atoms with E-state index in [1.54, 1.807) is 24.1 Å². The lowest BCUT2D eigenvalue weighted by atomic mass is 10.1. The first kappa shape index (κ1) is 21.4. The summed E-state index contributed by atoms with van der Waals surface area (Å²) in [6, 6.07) is 13.6. The fourth-order valence-electron chi connectivity index (χ4n) is 2.54. The lowest BCUT2D eigenvalue weighted by Crippen LogP contribution is -2.30. The van der Waals surface area contributed by atoms with Crippen molar-refractivity contribution >= 4 is 31.9 Å². The van der Waals surface area contributed by atoms with Gasteiger partial charge < -0.3 is 9.64 Å². The van der Waals surface area contributed by atoms with Crippen LogP contribution in [0.15, 0.2) is 57.9 Å². The lowest BCUT2D eigenvalue weighted by molar-refractivity contribution is -0.132. The highest BCUT2D eigenvalue weighted by atomic mass is 79.9. The second-order valence-electron chi connectivity index (χ2n) is 6.21. The van der Waals surface area contributed by atoms with Crippen molar-refractivity contribution < 1.29 is 17.9 Å². The van der Waals surface area contributed by atoms with E-state index in [1.165, 1.54) is 12.1 Å². The standard InChI is InChI=1S/C19H23BrN2O4S/c1-14(15-6-3-9-18(12-15)27(21,24)25)22(2)19(23)10-5-11-26-17-8-4-7-16(20)13-17/h3-4,6-9,12-14H,5,10-11H2,1-2H3,(H2,21,24,25). The van der Waals surface area contributed by atoms with Gasteiger partial charge in [-0.15, -0.1) is 0 Å². The Labute approximate surface area is 168 Å². The molecule has 0 heterocycles. The maximum atomic E-state index is 12.4. The molecule has 0 aliphatic rings. The molecule has 0 aliphatic heterocycles. The van der Waals surface area contributed by atoms with Crippen LogP contribution in [-0.2, 0) is 14.8 Å². The fraction of sp³-hybridized carbons (Fsp3) is 0.316. The summed E-state index contributed by atoms with van der Waals surface area (Å²) in [6.45, 7) is 2.28. The Morgan fingerprint density at radius 3 is 2.59 bits per heavy atom. The first-order valence-electron chi connectivity index (χ1n) is 8.45. The van der Waals surface area contributed by atoms with Crippen molar-refractivity contribution in [3.63, 3.8) is 0 Å². The first-order valence-corrected chi connectivity index (χ1v) is 10.8. The van der Waals surface area contributed by atoms with Gasteiger partial charge in [-0.1, -0.05) is 34.1 Å². The van der Waals surface area contributed by atoms with E-state index in [9.17, 15) is 13.2 Å². The van der Waals surface area contributed by atoms with E-state index >= 15 is 0 Å². The van der Waals surface area contributed by atoms with Crippen LogP contribution in [0, 0.1) is 0 Å². The molecule has 2 N–H and O–H groups in total. The van der Waals surface area contributed by atoms with E-state index in [0.29, 0.717) is 25.0 Å². The van der Waals surface area contributed by atoms with Crippen LogP contribution in [0.4, 0.5) is 0 Å². The molecule has 1 unspecified atom stereocenters.